The lowest BCUT2D eigenvalue weighted by Crippen LogP contribution is -2.34. The van der Waals surface area contributed by atoms with Crippen molar-refractivity contribution >= 4 is 15.9 Å². The minimum Gasteiger partial charge on any atom is -0.497 e. The number of hydrogen-bond acceptors (Lipinski definition) is 6. The summed E-state index contributed by atoms with van der Waals surface area (Å²) < 4.78 is 40.4. The van der Waals surface area contributed by atoms with Gasteiger partial charge in [-0.2, -0.15) is 9.40 Å². The van der Waals surface area contributed by atoms with Crippen LogP contribution < -0.4 is 9.47 Å². The van der Waals surface area contributed by atoms with E-state index in [1.807, 2.05) is 74.5 Å². The van der Waals surface area contributed by atoms with Gasteiger partial charge in [0, 0.05) is 17.7 Å². The van der Waals surface area contributed by atoms with E-state index in [1.165, 1.54) is 13.2 Å². The fraction of sp³-hybridized carbons (Fsp3) is 0.185. The van der Waals surface area contributed by atoms with Gasteiger partial charge in [-0.3, -0.25) is 4.79 Å². The van der Waals surface area contributed by atoms with Crippen LogP contribution in [0.15, 0.2) is 83.8 Å². The molecule has 1 aliphatic heterocycles. The minimum absolute atomic E-state index is 0.0688. The van der Waals surface area contributed by atoms with Gasteiger partial charge in [0.15, 0.2) is 6.73 Å². The molecule has 0 N–H and O–H groups in total. The van der Waals surface area contributed by atoms with Crippen molar-refractivity contribution in [1.29, 1.82) is 0 Å². The number of sulfonamides is 1. The van der Waals surface area contributed by atoms with Crippen molar-refractivity contribution in [2.45, 2.75) is 24.7 Å². The summed E-state index contributed by atoms with van der Waals surface area (Å²) in [5.41, 5.74) is 3.04. The molecule has 0 aliphatic carbocycles. The summed E-state index contributed by atoms with van der Waals surface area (Å²) in [5, 5.41) is 4.67. The second-order valence-electron chi connectivity index (χ2n) is 8.66. The monoisotopic (exact) mass is 503 g/mol. The number of benzene rings is 3. The van der Waals surface area contributed by atoms with Crippen LogP contribution in [0.25, 0.3) is 16.9 Å². The molecule has 3 aromatic carbocycles. The Balaban J connectivity index is 1.52. The van der Waals surface area contributed by atoms with Crippen molar-refractivity contribution in [3.05, 3.63) is 90.0 Å². The molecule has 0 spiro atoms. The molecule has 8 nitrogen and oxygen atoms in total. The van der Waals surface area contributed by atoms with Crippen LogP contribution in [0.5, 0.6) is 11.6 Å². The molecule has 9 heteroatoms. The highest BCUT2D eigenvalue weighted by atomic mass is 32.2. The van der Waals surface area contributed by atoms with Crippen LogP contribution in [-0.4, -0.2) is 42.3 Å². The van der Waals surface area contributed by atoms with Crippen LogP contribution >= 0.6 is 0 Å². The molecule has 184 valence electrons. The molecule has 1 amide bonds. The zero-order valence-corrected chi connectivity index (χ0v) is 20.9. The maximum absolute atomic E-state index is 13.4. The number of carbonyl (C=O) groups is 1. The molecule has 0 atom stereocenters. The molecule has 36 heavy (non-hydrogen) atoms. The highest BCUT2D eigenvalue weighted by molar-refractivity contribution is 7.90. The Bertz CT molecular complexity index is 1530. The Morgan fingerprint density at radius 3 is 2.25 bits per heavy atom. The van der Waals surface area contributed by atoms with Gasteiger partial charge in [-0.15, -0.1) is 0 Å². The third-order valence-electron chi connectivity index (χ3n) is 6.05. The third kappa shape index (κ3) is 4.01. The van der Waals surface area contributed by atoms with E-state index in [0.717, 1.165) is 15.6 Å². The van der Waals surface area contributed by atoms with Gasteiger partial charge in [-0.25, -0.2) is 13.1 Å². The van der Waals surface area contributed by atoms with E-state index >= 15 is 0 Å². The van der Waals surface area contributed by atoms with E-state index in [1.54, 1.807) is 16.8 Å². The van der Waals surface area contributed by atoms with Gasteiger partial charge in [-0.05, 0) is 29.7 Å². The fourth-order valence-corrected chi connectivity index (χ4v) is 5.66. The van der Waals surface area contributed by atoms with Gasteiger partial charge >= 0.3 is 0 Å². The number of ether oxygens (including phenoxy) is 2. The molecule has 0 saturated carbocycles. The number of rotatable bonds is 7. The first-order chi connectivity index (χ1) is 17.3. The normalized spacial score (nSPS) is 14.2. The summed E-state index contributed by atoms with van der Waals surface area (Å²) in [6.45, 7) is 3.30. The quantitative estimate of drug-likeness (QED) is 0.358. The maximum Gasteiger partial charge on any atom is 0.272 e. The van der Waals surface area contributed by atoms with Crippen LogP contribution in [-0.2, 0) is 10.0 Å². The van der Waals surface area contributed by atoms with Gasteiger partial charge in [-0.1, -0.05) is 62.4 Å². The van der Waals surface area contributed by atoms with Crippen LogP contribution in [0.1, 0.15) is 35.7 Å². The van der Waals surface area contributed by atoms with Crippen molar-refractivity contribution in [3.8, 4) is 28.6 Å². The van der Waals surface area contributed by atoms with E-state index in [4.69, 9.17) is 9.47 Å². The summed E-state index contributed by atoms with van der Waals surface area (Å²) >= 11 is 0. The highest BCUT2D eigenvalue weighted by Crippen LogP contribution is 2.39. The molecule has 0 saturated heterocycles. The first-order valence-corrected chi connectivity index (χ1v) is 12.9. The molecule has 5 rings (SSSR count). The van der Waals surface area contributed by atoms with E-state index in [0.29, 0.717) is 22.9 Å². The predicted octanol–water partition coefficient (Wildman–Crippen LogP) is 4.85. The second-order valence-corrected chi connectivity index (χ2v) is 10.5. The lowest BCUT2D eigenvalue weighted by Gasteiger charge is -2.16. The van der Waals surface area contributed by atoms with Crippen molar-refractivity contribution in [2.75, 3.05) is 13.8 Å². The lowest BCUT2D eigenvalue weighted by molar-refractivity contribution is 0.0782. The van der Waals surface area contributed by atoms with Crippen molar-refractivity contribution in [3.63, 3.8) is 0 Å². The van der Waals surface area contributed by atoms with Crippen LogP contribution in [0, 0.1) is 0 Å². The summed E-state index contributed by atoms with van der Waals surface area (Å²) in [7, 11) is -2.66. The van der Waals surface area contributed by atoms with E-state index < -0.39 is 22.7 Å². The number of amides is 1. The van der Waals surface area contributed by atoms with Crippen LogP contribution in [0.2, 0.25) is 0 Å². The van der Waals surface area contributed by atoms with Crippen molar-refractivity contribution in [1.82, 2.24) is 14.1 Å². The van der Waals surface area contributed by atoms with Crippen LogP contribution in [0.4, 0.5) is 0 Å². The summed E-state index contributed by atoms with van der Waals surface area (Å²) in [5.74, 6) is -0.0147. The van der Waals surface area contributed by atoms with Gasteiger partial charge < -0.3 is 9.47 Å². The molecule has 0 unspecified atom stereocenters. The van der Waals surface area contributed by atoms with Crippen LogP contribution in [0.3, 0.4) is 0 Å². The second kappa shape index (κ2) is 9.16. The lowest BCUT2D eigenvalue weighted by atomic mass is 9.96. The molecule has 1 aromatic heterocycles. The average molecular weight is 504 g/mol. The van der Waals surface area contributed by atoms with Gasteiger partial charge in [0.2, 0.25) is 5.88 Å². The highest BCUT2D eigenvalue weighted by Gasteiger charge is 2.44. The Morgan fingerprint density at radius 1 is 0.944 bits per heavy atom. The number of fused-ring (bicyclic) bond motifs is 1. The Labute approximate surface area is 209 Å². The molecule has 0 radical (unpaired) electrons. The molecule has 0 fully saturated rings. The summed E-state index contributed by atoms with van der Waals surface area (Å²) in [4.78, 5) is 13.3. The number of nitrogens with zero attached hydrogens (tertiary/aromatic N) is 3. The van der Waals surface area contributed by atoms with E-state index in [9.17, 15) is 13.2 Å². The minimum atomic E-state index is -4.13. The summed E-state index contributed by atoms with van der Waals surface area (Å²) in [6, 6.07) is 23.8. The third-order valence-corrected chi connectivity index (χ3v) is 7.78. The molecule has 1 aliphatic rings. The number of para-hydroxylation sites is 1. The predicted molar refractivity (Wildman–Crippen MR) is 135 cm³/mol. The maximum atomic E-state index is 13.4. The van der Waals surface area contributed by atoms with Gasteiger partial charge in [0.1, 0.15) is 10.6 Å². The Hall–Kier alpha value is -4.11. The largest absolute Gasteiger partial charge is 0.497 e. The molecular weight excluding hydrogens is 478 g/mol. The first kappa shape index (κ1) is 23.6. The van der Waals surface area contributed by atoms with Gasteiger partial charge in [0.25, 0.3) is 15.9 Å². The van der Waals surface area contributed by atoms with Gasteiger partial charge in [0.05, 0.1) is 24.1 Å². The van der Waals surface area contributed by atoms with Crippen molar-refractivity contribution in [2.24, 2.45) is 0 Å². The average Bonchev–Trinajstić information content (AvgIpc) is 3.40. The topological polar surface area (TPSA) is 90.7 Å². The zero-order chi connectivity index (χ0) is 25.4. The molecule has 4 aromatic rings. The number of methoxy groups -OCH3 is 1. The number of carbonyl (C=O) groups excluding carboxylic acids is 1. The molecular formula is C27H25N3O5S. The first-order valence-electron chi connectivity index (χ1n) is 11.4. The van der Waals surface area contributed by atoms with E-state index in [2.05, 4.69) is 5.10 Å². The smallest absolute Gasteiger partial charge is 0.272 e. The Morgan fingerprint density at radius 2 is 1.61 bits per heavy atom. The summed E-state index contributed by atoms with van der Waals surface area (Å²) in [6.07, 6.45) is 0. The Kier molecular flexibility index (Phi) is 6.01. The van der Waals surface area contributed by atoms with Crippen molar-refractivity contribution < 1.29 is 22.7 Å². The van der Waals surface area contributed by atoms with E-state index in [-0.39, 0.29) is 16.4 Å². The standard InChI is InChI=1S/C27H25N3O5S/c1-18(2)22-14-21(34-3)15-24-26(22)27(31)29(36(24,32)33)17-35-25-16-23(19-10-6-4-7-11-19)28-30(25)20-12-8-5-9-13-20/h4-16,18H,17H2,1-3H3. The molecule has 2 heterocycles. The zero-order valence-electron chi connectivity index (χ0n) is 20.1. The molecule has 0 bridgehead atoms. The SMILES string of the molecule is COc1cc(C(C)C)c2c(c1)S(=O)(=O)N(COc1cc(-c3ccccc3)nn1-c1ccccc1)C2=O. The number of aromatic nitrogens is 2. The fourth-order valence-electron chi connectivity index (χ4n) is 4.19. The number of hydrogen-bond donors (Lipinski definition) is 0.